The van der Waals surface area contributed by atoms with Crippen LogP contribution in [0.25, 0.3) is 0 Å². The van der Waals surface area contributed by atoms with Crippen LogP contribution in [0.5, 0.6) is 0 Å². The van der Waals surface area contributed by atoms with Gasteiger partial charge in [-0.05, 0) is 43.4 Å². The van der Waals surface area contributed by atoms with E-state index < -0.39 is 5.97 Å². The highest BCUT2D eigenvalue weighted by molar-refractivity contribution is 5.72. The first-order valence-electron chi connectivity index (χ1n) is 6.25. The van der Waals surface area contributed by atoms with Crippen LogP contribution < -0.4 is 4.90 Å². The molecule has 0 amide bonds. The van der Waals surface area contributed by atoms with E-state index >= 15 is 0 Å². The second-order valence-corrected chi connectivity index (χ2v) is 5.20. The Morgan fingerprint density at radius 2 is 2.24 bits per heavy atom. The average molecular weight is 231 g/mol. The smallest absolute Gasteiger partial charge is 0.308 e. The van der Waals surface area contributed by atoms with Crippen molar-refractivity contribution in [3.05, 3.63) is 29.3 Å². The summed E-state index contributed by atoms with van der Waals surface area (Å²) in [5, 5.41) is 9.13. The van der Waals surface area contributed by atoms with Crippen molar-refractivity contribution in [2.75, 3.05) is 11.4 Å². The van der Waals surface area contributed by atoms with Crippen LogP contribution in [0.15, 0.2) is 18.2 Å². The van der Waals surface area contributed by atoms with Crippen molar-refractivity contribution in [2.24, 2.45) is 5.92 Å². The van der Waals surface area contributed by atoms with Crippen LogP contribution >= 0.6 is 0 Å². The summed E-state index contributed by atoms with van der Waals surface area (Å²) in [5.74, 6) is -0.845. The number of carbonyl (C=O) groups is 1. The van der Waals surface area contributed by atoms with Crippen LogP contribution in [0.2, 0.25) is 0 Å². The van der Waals surface area contributed by atoms with Crippen LogP contribution in [-0.2, 0) is 11.2 Å². The zero-order valence-corrected chi connectivity index (χ0v) is 10.0. The number of fused-ring (bicyclic) bond motifs is 3. The number of nitrogens with zero attached hydrogens (tertiary/aromatic N) is 1. The molecular formula is C14H17NO2. The summed E-state index contributed by atoms with van der Waals surface area (Å²) < 4.78 is 0. The molecule has 0 saturated carbocycles. The molecule has 3 nitrogen and oxygen atoms in total. The number of hydrogen-bond donors (Lipinski definition) is 1. The number of carboxylic acids is 1. The van der Waals surface area contributed by atoms with Crippen molar-refractivity contribution in [2.45, 2.75) is 32.2 Å². The number of anilines is 1. The van der Waals surface area contributed by atoms with Crippen molar-refractivity contribution in [3.63, 3.8) is 0 Å². The van der Waals surface area contributed by atoms with Gasteiger partial charge in [0.2, 0.25) is 0 Å². The third-order valence-electron chi connectivity index (χ3n) is 4.19. The third-order valence-corrected chi connectivity index (χ3v) is 4.19. The second kappa shape index (κ2) is 3.76. The van der Waals surface area contributed by atoms with Gasteiger partial charge < -0.3 is 10.0 Å². The quantitative estimate of drug-likeness (QED) is 0.805. The van der Waals surface area contributed by atoms with Crippen LogP contribution in [0, 0.1) is 12.8 Å². The van der Waals surface area contributed by atoms with Crippen molar-refractivity contribution < 1.29 is 9.90 Å². The summed E-state index contributed by atoms with van der Waals surface area (Å²) in [5.41, 5.74) is 4.02. The first-order chi connectivity index (χ1) is 8.16. The zero-order valence-electron chi connectivity index (χ0n) is 10.0. The number of benzene rings is 1. The van der Waals surface area contributed by atoms with Gasteiger partial charge in [0.25, 0.3) is 0 Å². The van der Waals surface area contributed by atoms with Crippen LogP contribution in [0.4, 0.5) is 5.69 Å². The van der Waals surface area contributed by atoms with E-state index in [1.807, 2.05) is 0 Å². The molecule has 0 aliphatic carbocycles. The van der Waals surface area contributed by atoms with Gasteiger partial charge in [0.05, 0.1) is 5.92 Å². The lowest BCUT2D eigenvalue weighted by Gasteiger charge is -2.35. The molecule has 1 fully saturated rings. The Morgan fingerprint density at radius 1 is 1.41 bits per heavy atom. The standard InChI is InChI=1S/C14H17NO2/c1-9-3-2-4-13-12(9)7-11-6-5-10(14(16)17)8-15(11)13/h2-4,10-11H,5-8H2,1H3,(H,16,17). The van der Waals surface area contributed by atoms with Gasteiger partial charge in [0.15, 0.2) is 0 Å². The Morgan fingerprint density at radius 3 is 3.00 bits per heavy atom. The van der Waals surface area contributed by atoms with Gasteiger partial charge in [-0.25, -0.2) is 0 Å². The Kier molecular flexibility index (Phi) is 2.35. The van der Waals surface area contributed by atoms with E-state index in [0.29, 0.717) is 12.6 Å². The summed E-state index contributed by atoms with van der Waals surface area (Å²) in [6.07, 6.45) is 2.92. The highest BCUT2D eigenvalue weighted by Gasteiger charge is 2.37. The Balaban J connectivity index is 1.93. The molecule has 0 radical (unpaired) electrons. The van der Waals surface area contributed by atoms with Crippen LogP contribution in [-0.4, -0.2) is 23.7 Å². The predicted molar refractivity (Wildman–Crippen MR) is 66.4 cm³/mol. The number of aliphatic carboxylic acids is 1. The molecule has 0 spiro atoms. The van der Waals surface area contributed by atoms with Gasteiger partial charge in [-0.2, -0.15) is 0 Å². The molecule has 1 aromatic rings. The van der Waals surface area contributed by atoms with Gasteiger partial charge in [0, 0.05) is 18.3 Å². The summed E-state index contributed by atoms with van der Waals surface area (Å²) in [6.45, 7) is 2.82. The van der Waals surface area contributed by atoms with Gasteiger partial charge in [-0.1, -0.05) is 12.1 Å². The minimum Gasteiger partial charge on any atom is -0.481 e. The minimum absolute atomic E-state index is 0.197. The number of aryl methyl sites for hydroxylation is 1. The third kappa shape index (κ3) is 1.61. The summed E-state index contributed by atoms with van der Waals surface area (Å²) in [6, 6.07) is 6.88. The fourth-order valence-electron chi connectivity index (χ4n) is 3.19. The topological polar surface area (TPSA) is 40.5 Å². The van der Waals surface area contributed by atoms with E-state index in [1.54, 1.807) is 0 Å². The number of rotatable bonds is 1. The van der Waals surface area contributed by atoms with Gasteiger partial charge >= 0.3 is 5.97 Å². The molecular weight excluding hydrogens is 214 g/mol. The van der Waals surface area contributed by atoms with Crippen LogP contribution in [0.3, 0.4) is 0 Å². The van der Waals surface area contributed by atoms with E-state index in [2.05, 4.69) is 30.0 Å². The zero-order chi connectivity index (χ0) is 12.0. The number of piperidine rings is 1. The lowest BCUT2D eigenvalue weighted by Crippen LogP contribution is -2.43. The number of hydrogen-bond acceptors (Lipinski definition) is 2. The summed E-state index contributed by atoms with van der Waals surface area (Å²) in [4.78, 5) is 13.4. The molecule has 2 unspecified atom stereocenters. The molecule has 2 aliphatic heterocycles. The van der Waals surface area contributed by atoms with Gasteiger partial charge in [-0.3, -0.25) is 4.79 Å². The van der Waals surface area contributed by atoms with Crippen LogP contribution in [0.1, 0.15) is 24.0 Å². The maximum Gasteiger partial charge on any atom is 0.308 e. The van der Waals surface area contributed by atoms with Crippen molar-refractivity contribution in [1.29, 1.82) is 0 Å². The lowest BCUT2D eigenvalue weighted by atomic mass is 9.93. The monoisotopic (exact) mass is 231 g/mol. The van der Waals surface area contributed by atoms with E-state index in [4.69, 9.17) is 5.11 Å². The molecule has 2 aliphatic rings. The molecule has 2 heterocycles. The van der Waals surface area contributed by atoms with Crippen molar-refractivity contribution >= 4 is 11.7 Å². The predicted octanol–water partition coefficient (Wildman–Crippen LogP) is 2.22. The van der Waals surface area contributed by atoms with E-state index in [1.165, 1.54) is 16.8 Å². The minimum atomic E-state index is -0.649. The summed E-state index contributed by atoms with van der Waals surface area (Å²) in [7, 11) is 0. The highest BCUT2D eigenvalue weighted by atomic mass is 16.4. The molecule has 90 valence electrons. The molecule has 17 heavy (non-hydrogen) atoms. The fourth-order valence-corrected chi connectivity index (χ4v) is 3.19. The molecule has 1 N–H and O–H groups in total. The van der Waals surface area contributed by atoms with Gasteiger partial charge in [-0.15, -0.1) is 0 Å². The van der Waals surface area contributed by atoms with E-state index in [-0.39, 0.29) is 5.92 Å². The molecule has 3 rings (SSSR count). The average Bonchev–Trinajstić information content (AvgIpc) is 2.68. The SMILES string of the molecule is Cc1cccc2c1CC1CCC(C(=O)O)CN21. The first-order valence-corrected chi connectivity index (χ1v) is 6.25. The molecule has 2 atom stereocenters. The summed E-state index contributed by atoms with van der Waals surface area (Å²) >= 11 is 0. The molecule has 1 aromatic carbocycles. The van der Waals surface area contributed by atoms with Gasteiger partial charge in [0.1, 0.15) is 0 Å². The molecule has 1 saturated heterocycles. The Hall–Kier alpha value is -1.51. The maximum absolute atomic E-state index is 11.1. The fraction of sp³-hybridized carbons (Fsp3) is 0.500. The normalized spacial score (nSPS) is 26.5. The molecule has 0 aromatic heterocycles. The van der Waals surface area contributed by atoms with E-state index in [9.17, 15) is 4.79 Å². The van der Waals surface area contributed by atoms with E-state index in [0.717, 1.165) is 19.3 Å². The Labute approximate surface area is 101 Å². The lowest BCUT2D eigenvalue weighted by molar-refractivity contribution is -0.142. The van der Waals surface area contributed by atoms with Crippen molar-refractivity contribution in [1.82, 2.24) is 0 Å². The maximum atomic E-state index is 11.1. The van der Waals surface area contributed by atoms with Crippen molar-refractivity contribution in [3.8, 4) is 0 Å². The second-order valence-electron chi connectivity index (χ2n) is 5.20. The number of carboxylic acid groups (broad SMARTS) is 1. The largest absolute Gasteiger partial charge is 0.481 e. The highest BCUT2D eigenvalue weighted by Crippen LogP contribution is 2.39. The Bertz CT molecular complexity index is 469. The molecule has 3 heteroatoms. The molecule has 0 bridgehead atoms. The first kappa shape index (κ1) is 10.6.